The van der Waals surface area contributed by atoms with Crippen molar-refractivity contribution >= 4 is 46.7 Å². The first-order chi connectivity index (χ1) is 21.2. The Morgan fingerprint density at radius 1 is 0.556 bits per heavy atom. The topological polar surface area (TPSA) is 40.2 Å². The van der Waals surface area contributed by atoms with E-state index in [0.717, 1.165) is 43.4 Å². The molecular weight excluding hydrogens is 556 g/mol. The first-order valence-electron chi connectivity index (χ1n) is 16.7. The lowest BCUT2D eigenvalue weighted by molar-refractivity contribution is 0.00578. The van der Waals surface area contributed by atoms with Gasteiger partial charge in [0.1, 0.15) is 0 Å². The van der Waals surface area contributed by atoms with E-state index in [-0.39, 0.29) is 18.3 Å². The van der Waals surface area contributed by atoms with Crippen LogP contribution in [0.25, 0.3) is 21.5 Å². The summed E-state index contributed by atoms with van der Waals surface area (Å²) in [6.45, 7) is 21.9. The Hall–Kier alpha value is -2.67. The zero-order chi connectivity index (χ0) is 32.2. The molecule has 4 aromatic carbocycles. The van der Waals surface area contributed by atoms with Gasteiger partial charge in [-0.05, 0) is 112 Å². The fourth-order valence-corrected chi connectivity index (χ4v) is 6.58. The summed E-state index contributed by atoms with van der Waals surface area (Å²) in [7, 11) is -0.832. The van der Waals surface area contributed by atoms with Gasteiger partial charge in [0.25, 0.3) is 0 Å². The van der Waals surface area contributed by atoms with Crippen LogP contribution in [0.3, 0.4) is 0 Å². The van der Waals surface area contributed by atoms with Crippen molar-refractivity contribution in [2.45, 2.75) is 111 Å². The Morgan fingerprint density at radius 2 is 1.00 bits per heavy atom. The van der Waals surface area contributed by atoms with Crippen molar-refractivity contribution in [1.82, 2.24) is 4.90 Å². The van der Waals surface area contributed by atoms with Gasteiger partial charge in [0.05, 0.1) is 22.4 Å². The average Bonchev–Trinajstić information content (AvgIpc) is 3.34. The van der Waals surface area contributed by atoms with E-state index in [4.69, 9.17) is 18.6 Å². The van der Waals surface area contributed by atoms with Gasteiger partial charge in [-0.3, -0.25) is 4.90 Å². The molecule has 236 valence electrons. The summed E-state index contributed by atoms with van der Waals surface area (Å²) in [5.74, 6) is 0. The summed E-state index contributed by atoms with van der Waals surface area (Å²) in [5, 5.41) is 4.89. The molecule has 7 heteroatoms. The van der Waals surface area contributed by atoms with Crippen molar-refractivity contribution in [2.24, 2.45) is 0 Å². The Bertz CT molecular complexity index is 1610. The summed E-state index contributed by atoms with van der Waals surface area (Å²) in [5.41, 5.74) is 3.21. The molecule has 2 aliphatic heterocycles. The second kappa shape index (κ2) is 11.8. The summed E-state index contributed by atoms with van der Waals surface area (Å²) in [6, 6.07) is 26.2. The predicted octanol–water partition coefficient (Wildman–Crippen LogP) is 7.39. The molecule has 4 aromatic rings. The van der Waals surface area contributed by atoms with E-state index in [1.54, 1.807) is 0 Å². The molecule has 6 rings (SSSR count). The highest BCUT2D eigenvalue weighted by Gasteiger charge is 2.53. The Kier molecular flexibility index (Phi) is 8.50. The number of hydrogen-bond acceptors (Lipinski definition) is 5. The third kappa shape index (κ3) is 5.87. The van der Waals surface area contributed by atoms with Crippen LogP contribution in [0.4, 0.5) is 0 Å². The average molecular weight is 605 g/mol. The quantitative estimate of drug-likeness (QED) is 0.147. The summed E-state index contributed by atoms with van der Waals surface area (Å²) < 4.78 is 26.3. The highest BCUT2D eigenvalue weighted by Crippen LogP contribution is 2.39. The number of benzene rings is 4. The molecule has 5 nitrogen and oxygen atoms in total. The van der Waals surface area contributed by atoms with Crippen molar-refractivity contribution < 1.29 is 18.6 Å². The molecule has 0 unspecified atom stereocenters. The fraction of sp³-hybridized carbons (Fsp3) is 0.474. The van der Waals surface area contributed by atoms with E-state index in [1.165, 1.54) is 32.7 Å². The van der Waals surface area contributed by atoms with Crippen LogP contribution in [0.5, 0.6) is 0 Å². The van der Waals surface area contributed by atoms with Gasteiger partial charge in [0, 0.05) is 13.1 Å². The van der Waals surface area contributed by atoms with Gasteiger partial charge in [0.2, 0.25) is 0 Å². The van der Waals surface area contributed by atoms with Crippen molar-refractivity contribution in [3.8, 4) is 0 Å². The lowest BCUT2D eigenvalue weighted by Gasteiger charge is -2.32. The van der Waals surface area contributed by atoms with Gasteiger partial charge in [0.15, 0.2) is 0 Å². The molecule has 0 aliphatic carbocycles. The molecular formula is C38H49B2NO4. The SMILES string of the molecule is CCCCN(Cc1ccccc1B1OC(C)(C)C(C)(C)O1)Cc1c2ccccc2c(B2OC(C)(C)C(C)(C)O2)c2ccccc12. The van der Waals surface area contributed by atoms with Crippen LogP contribution < -0.4 is 10.9 Å². The predicted molar refractivity (Wildman–Crippen MR) is 188 cm³/mol. The first-order valence-corrected chi connectivity index (χ1v) is 16.7. The molecule has 0 saturated carbocycles. The largest absolute Gasteiger partial charge is 0.496 e. The molecule has 0 amide bonds. The standard InChI is InChI=1S/C38H49B2NO4/c1-10-11-24-41(25-27-18-12-17-23-33(27)39-42-35(2,3)36(4,5)43-39)26-32-28-19-13-15-21-30(28)34(31-22-16-14-20-29(31)32)40-44-37(6,7)38(8,9)45-40/h12-23H,10-11,24-26H2,1-9H3. The van der Waals surface area contributed by atoms with E-state index in [9.17, 15) is 0 Å². The van der Waals surface area contributed by atoms with E-state index in [1.807, 2.05) is 0 Å². The fourth-order valence-electron chi connectivity index (χ4n) is 6.58. The van der Waals surface area contributed by atoms with Crippen LogP contribution in [-0.4, -0.2) is 48.1 Å². The van der Waals surface area contributed by atoms with Crippen LogP contribution in [-0.2, 0) is 31.7 Å². The van der Waals surface area contributed by atoms with Crippen molar-refractivity contribution in [1.29, 1.82) is 0 Å². The zero-order valence-corrected chi connectivity index (χ0v) is 28.7. The van der Waals surface area contributed by atoms with Gasteiger partial charge in [-0.25, -0.2) is 0 Å². The molecule has 45 heavy (non-hydrogen) atoms. The van der Waals surface area contributed by atoms with Crippen LogP contribution in [0.2, 0.25) is 0 Å². The molecule has 2 fully saturated rings. The summed E-state index contributed by atoms with van der Waals surface area (Å²) >= 11 is 0. The van der Waals surface area contributed by atoms with E-state index < -0.39 is 18.3 Å². The second-order valence-corrected chi connectivity index (χ2v) is 14.9. The maximum Gasteiger partial charge on any atom is 0.496 e. The normalized spacial score (nSPS) is 20.1. The molecule has 0 atom stereocenters. The van der Waals surface area contributed by atoms with Crippen LogP contribution in [0, 0.1) is 0 Å². The number of fused-ring (bicyclic) bond motifs is 2. The molecule has 2 saturated heterocycles. The number of hydrogen-bond donors (Lipinski definition) is 0. The molecule has 0 bridgehead atoms. The maximum absolute atomic E-state index is 6.65. The Balaban J connectivity index is 1.41. The summed E-state index contributed by atoms with van der Waals surface area (Å²) in [4.78, 5) is 2.59. The number of nitrogens with zero attached hydrogens (tertiary/aromatic N) is 1. The smallest absolute Gasteiger partial charge is 0.399 e. The lowest BCUT2D eigenvalue weighted by Crippen LogP contribution is -2.41. The number of unbranched alkanes of at least 4 members (excludes halogenated alkanes) is 1. The van der Waals surface area contributed by atoms with E-state index in [0.29, 0.717) is 0 Å². The third-order valence-electron chi connectivity index (χ3n) is 10.7. The molecule has 2 heterocycles. The molecule has 0 radical (unpaired) electrons. The van der Waals surface area contributed by atoms with E-state index in [2.05, 4.69) is 140 Å². The highest BCUT2D eigenvalue weighted by molar-refractivity contribution is 6.68. The Labute approximate surface area is 270 Å². The molecule has 0 aromatic heterocycles. The van der Waals surface area contributed by atoms with Gasteiger partial charge in [-0.2, -0.15) is 0 Å². The molecule has 2 aliphatic rings. The van der Waals surface area contributed by atoms with Crippen molar-refractivity contribution in [3.63, 3.8) is 0 Å². The maximum atomic E-state index is 6.65. The first kappa shape index (κ1) is 32.3. The number of rotatable bonds is 9. The van der Waals surface area contributed by atoms with Gasteiger partial charge < -0.3 is 18.6 Å². The van der Waals surface area contributed by atoms with Crippen LogP contribution >= 0.6 is 0 Å². The van der Waals surface area contributed by atoms with Gasteiger partial charge in [-0.15, -0.1) is 0 Å². The molecule has 0 spiro atoms. The zero-order valence-electron chi connectivity index (χ0n) is 28.7. The minimum absolute atomic E-state index is 0.385. The van der Waals surface area contributed by atoms with Crippen molar-refractivity contribution in [2.75, 3.05) is 6.54 Å². The van der Waals surface area contributed by atoms with Crippen molar-refractivity contribution in [3.05, 3.63) is 83.9 Å². The third-order valence-corrected chi connectivity index (χ3v) is 10.7. The minimum atomic E-state index is -0.443. The Morgan fingerprint density at radius 3 is 1.51 bits per heavy atom. The van der Waals surface area contributed by atoms with Crippen LogP contribution in [0.1, 0.15) is 86.3 Å². The van der Waals surface area contributed by atoms with E-state index >= 15 is 0 Å². The molecule has 0 N–H and O–H groups in total. The highest BCUT2D eigenvalue weighted by atomic mass is 16.7. The van der Waals surface area contributed by atoms with Gasteiger partial charge >= 0.3 is 14.2 Å². The second-order valence-electron chi connectivity index (χ2n) is 14.9. The monoisotopic (exact) mass is 605 g/mol. The van der Waals surface area contributed by atoms with Gasteiger partial charge in [-0.1, -0.05) is 86.1 Å². The minimum Gasteiger partial charge on any atom is -0.399 e. The summed E-state index contributed by atoms with van der Waals surface area (Å²) in [6.07, 6.45) is 2.26. The van der Waals surface area contributed by atoms with Crippen LogP contribution in [0.15, 0.2) is 72.8 Å². The lowest BCUT2D eigenvalue weighted by atomic mass is 9.72.